The molecule has 1 atom stereocenters. The number of phenolic OH excluding ortho intramolecular Hbond substituents is 1. The highest BCUT2D eigenvalue weighted by molar-refractivity contribution is 6.52. The average Bonchev–Trinajstić information content (AvgIpc) is 3.10. The molecule has 3 aromatic rings. The van der Waals surface area contributed by atoms with Crippen molar-refractivity contribution in [2.75, 3.05) is 19.1 Å². The van der Waals surface area contributed by atoms with Gasteiger partial charge in [-0.3, -0.25) is 14.5 Å². The third kappa shape index (κ3) is 4.04. The van der Waals surface area contributed by atoms with Crippen molar-refractivity contribution in [3.05, 3.63) is 87.4 Å². The van der Waals surface area contributed by atoms with Gasteiger partial charge in [-0.25, -0.2) is 0 Å². The number of phenols is 1. The summed E-state index contributed by atoms with van der Waals surface area (Å²) < 4.78 is 10.6. The van der Waals surface area contributed by atoms with Gasteiger partial charge in [0.2, 0.25) is 0 Å². The number of aliphatic hydroxyl groups excluding tert-OH is 1. The number of halogens is 2. The number of aromatic hydroxyl groups is 1. The zero-order valence-electron chi connectivity index (χ0n) is 18.1. The minimum absolute atomic E-state index is 0.0730. The van der Waals surface area contributed by atoms with Gasteiger partial charge in [0.05, 0.1) is 41.4 Å². The zero-order chi connectivity index (χ0) is 24.6. The fraction of sp³-hybridized carbons (Fsp3) is 0.120. The number of nitrogens with zero attached hydrogens (tertiary/aromatic N) is 1. The van der Waals surface area contributed by atoms with Gasteiger partial charge in [-0.2, -0.15) is 0 Å². The molecule has 1 aliphatic rings. The zero-order valence-corrected chi connectivity index (χ0v) is 19.6. The molecular formula is C25H19Cl2NO6. The predicted octanol–water partition coefficient (Wildman–Crippen LogP) is 5.34. The smallest absolute Gasteiger partial charge is 0.300 e. The molecule has 4 rings (SSSR count). The lowest BCUT2D eigenvalue weighted by Gasteiger charge is -2.26. The fourth-order valence-electron chi connectivity index (χ4n) is 3.89. The van der Waals surface area contributed by atoms with Crippen molar-refractivity contribution in [1.82, 2.24) is 0 Å². The van der Waals surface area contributed by atoms with E-state index in [0.29, 0.717) is 17.0 Å². The quantitative estimate of drug-likeness (QED) is 0.279. The van der Waals surface area contributed by atoms with Crippen LogP contribution in [-0.2, 0) is 9.59 Å². The molecule has 0 spiro atoms. The Morgan fingerprint density at radius 2 is 1.71 bits per heavy atom. The van der Waals surface area contributed by atoms with Gasteiger partial charge < -0.3 is 19.7 Å². The van der Waals surface area contributed by atoms with Crippen molar-refractivity contribution in [3.63, 3.8) is 0 Å². The van der Waals surface area contributed by atoms with Crippen LogP contribution in [0.2, 0.25) is 10.0 Å². The van der Waals surface area contributed by atoms with Gasteiger partial charge in [-0.1, -0.05) is 35.3 Å². The Labute approximate surface area is 205 Å². The summed E-state index contributed by atoms with van der Waals surface area (Å²) in [5.41, 5.74) is 0.669. The van der Waals surface area contributed by atoms with Crippen LogP contribution in [0.15, 0.2) is 66.2 Å². The first-order valence-corrected chi connectivity index (χ1v) is 10.8. The fourth-order valence-corrected chi connectivity index (χ4v) is 4.18. The van der Waals surface area contributed by atoms with Crippen LogP contribution >= 0.6 is 23.2 Å². The van der Waals surface area contributed by atoms with Gasteiger partial charge in [-0.15, -0.1) is 0 Å². The van der Waals surface area contributed by atoms with E-state index in [9.17, 15) is 19.8 Å². The van der Waals surface area contributed by atoms with Gasteiger partial charge in [0.15, 0.2) is 0 Å². The summed E-state index contributed by atoms with van der Waals surface area (Å²) in [5, 5.41) is 21.9. The molecule has 3 aromatic carbocycles. The number of Topliss-reactive ketones (excluding diaryl/α,β-unsaturated/α-hetero) is 1. The molecule has 1 aliphatic heterocycles. The van der Waals surface area contributed by atoms with E-state index in [1.165, 1.54) is 49.5 Å². The Morgan fingerprint density at radius 1 is 0.941 bits per heavy atom. The van der Waals surface area contributed by atoms with Gasteiger partial charge >= 0.3 is 0 Å². The summed E-state index contributed by atoms with van der Waals surface area (Å²) in [7, 11) is 2.88. The van der Waals surface area contributed by atoms with Crippen LogP contribution in [0, 0.1) is 0 Å². The summed E-state index contributed by atoms with van der Waals surface area (Å²) in [6.07, 6.45) is 0. The summed E-state index contributed by atoms with van der Waals surface area (Å²) in [6, 6.07) is 14.2. The van der Waals surface area contributed by atoms with E-state index in [2.05, 4.69) is 0 Å². The first-order valence-electron chi connectivity index (χ1n) is 10.0. The first kappa shape index (κ1) is 23.5. The number of rotatable bonds is 5. The Balaban J connectivity index is 2.00. The monoisotopic (exact) mass is 499 g/mol. The maximum Gasteiger partial charge on any atom is 0.300 e. The molecule has 7 nitrogen and oxygen atoms in total. The van der Waals surface area contributed by atoms with E-state index in [1.54, 1.807) is 30.3 Å². The summed E-state index contributed by atoms with van der Waals surface area (Å²) in [4.78, 5) is 27.7. The average molecular weight is 500 g/mol. The largest absolute Gasteiger partial charge is 0.508 e. The number of ether oxygens (including phenoxy) is 2. The van der Waals surface area contributed by atoms with Crippen LogP contribution in [0.1, 0.15) is 17.2 Å². The van der Waals surface area contributed by atoms with Gasteiger partial charge in [0.1, 0.15) is 23.0 Å². The maximum absolute atomic E-state index is 13.3. The number of anilines is 1. The van der Waals surface area contributed by atoms with Gasteiger partial charge in [0.25, 0.3) is 11.7 Å². The third-order valence-corrected chi connectivity index (χ3v) is 6.21. The molecule has 1 fully saturated rings. The van der Waals surface area contributed by atoms with E-state index in [4.69, 9.17) is 32.7 Å². The van der Waals surface area contributed by atoms with Crippen LogP contribution in [0.3, 0.4) is 0 Å². The van der Waals surface area contributed by atoms with E-state index in [0.717, 1.165) is 0 Å². The molecule has 0 bridgehead atoms. The van der Waals surface area contributed by atoms with Crippen molar-refractivity contribution < 1.29 is 29.3 Å². The Bertz CT molecular complexity index is 1340. The van der Waals surface area contributed by atoms with Crippen LogP contribution in [0.25, 0.3) is 5.76 Å². The number of benzene rings is 3. The molecule has 174 valence electrons. The number of hydrogen-bond donors (Lipinski definition) is 2. The summed E-state index contributed by atoms with van der Waals surface area (Å²) >= 11 is 12.2. The molecule has 1 saturated heterocycles. The van der Waals surface area contributed by atoms with E-state index >= 15 is 0 Å². The topological polar surface area (TPSA) is 96.3 Å². The predicted molar refractivity (Wildman–Crippen MR) is 129 cm³/mol. The van der Waals surface area contributed by atoms with Crippen molar-refractivity contribution in [2.24, 2.45) is 0 Å². The van der Waals surface area contributed by atoms with Gasteiger partial charge in [0, 0.05) is 5.69 Å². The van der Waals surface area contributed by atoms with E-state index < -0.39 is 23.5 Å². The summed E-state index contributed by atoms with van der Waals surface area (Å²) in [5.74, 6) is -1.64. The van der Waals surface area contributed by atoms with Gasteiger partial charge in [-0.05, 0) is 54.1 Å². The number of hydrogen-bond acceptors (Lipinski definition) is 6. The lowest BCUT2D eigenvalue weighted by Crippen LogP contribution is -2.29. The second-order valence-corrected chi connectivity index (χ2v) is 8.24. The minimum Gasteiger partial charge on any atom is -0.508 e. The molecule has 2 N–H and O–H groups in total. The normalized spacial score (nSPS) is 17.2. The van der Waals surface area contributed by atoms with Crippen molar-refractivity contribution in [1.29, 1.82) is 0 Å². The molecule has 1 unspecified atom stereocenters. The SMILES string of the molecule is COc1ccc(OC)c(/C(O)=C2\C(=O)C(=O)N(c3ccc(Cl)c(Cl)c3)C2c2cccc(O)c2)c1. The molecule has 1 amide bonds. The Morgan fingerprint density at radius 3 is 2.35 bits per heavy atom. The molecule has 1 heterocycles. The highest BCUT2D eigenvalue weighted by Gasteiger charge is 2.47. The number of carbonyl (C=O) groups excluding carboxylic acids is 2. The van der Waals surface area contributed by atoms with Crippen molar-refractivity contribution in [3.8, 4) is 17.2 Å². The summed E-state index contributed by atoms with van der Waals surface area (Å²) in [6.45, 7) is 0. The Kier molecular flexibility index (Phi) is 6.41. The maximum atomic E-state index is 13.3. The number of aliphatic hydroxyl groups is 1. The second kappa shape index (κ2) is 9.29. The highest BCUT2D eigenvalue weighted by Crippen LogP contribution is 2.45. The van der Waals surface area contributed by atoms with E-state index in [-0.39, 0.29) is 32.7 Å². The van der Waals surface area contributed by atoms with E-state index in [1.807, 2.05) is 0 Å². The molecule has 0 saturated carbocycles. The standard InChI is InChI=1S/C25H19Cl2NO6/c1-33-16-7-9-20(34-2)17(12-16)23(30)21-22(13-4-3-5-15(29)10-13)28(25(32)24(21)31)14-6-8-18(26)19(27)11-14/h3-12,22,29-30H,1-2H3/b23-21+. The van der Waals surface area contributed by atoms with Crippen molar-refractivity contribution >= 4 is 46.3 Å². The van der Waals surface area contributed by atoms with Crippen LogP contribution in [-0.4, -0.2) is 36.1 Å². The minimum atomic E-state index is -1.07. The third-order valence-electron chi connectivity index (χ3n) is 5.47. The highest BCUT2D eigenvalue weighted by atomic mass is 35.5. The molecular weight excluding hydrogens is 481 g/mol. The lowest BCUT2D eigenvalue weighted by molar-refractivity contribution is -0.132. The molecule has 34 heavy (non-hydrogen) atoms. The molecule has 9 heteroatoms. The molecule has 0 aromatic heterocycles. The molecule has 0 radical (unpaired) electrons. The second-order valence-electron chi connectivity index (χ2n) is 7.43. The lowest BCUT2D eigenvalue weighted by atomic mass is 9.94. The number of carbonyl (C=O) groups is 2. The number of amides is 1. The first-order chi connectivity index (χ1) is 16.3. The number of methoxy groups -OCH3 is 2. The number of ketones is 1. The van der Waals surface area contributed by atoms with Crippen LogP contribution in [0.5, 0.6) is 17.2 Å². The van der Waals surface area contributed by atoms with Crippen molar-refractivity contribution in [2.45, 2.75) is 6.04 Å². The van der Waals surface area contributed by atoms with Crippen LogP contribution < -0.4 is 14.4 Å². The Hall–Kier alpha value is -3.68. The molecule has 0 aliphatic carbocycles. The van der Waals surface area contributed by atoms with Crippen LogP contribution in [0.4, 0.5) is 5.69 Å².